The van der Waals surface area contributed by atoms with Crippen LogP contribution in [0.3, 0.4) is 0 Å². The number of nitrogens with zero attached hydrogens (tertiary/aromatic N) is 2. The molecule has 1 aliphatic rings. The third kappa shape index (κ3) is 3.11. The highest BCUT2D eigenvalue weighted by Crippen LogP contribution is 2.36. The van der Waals surface area contributed by atoms with Crippen LogP contribution >= 0.6 is 11.3 Å². The number of aryl methyl sites for hydroxylation is 1. The molecular weight excluding hydrogens is 278 g/mol. The van der Waals surface area contributed by atoms with Crippen molar-refractivity contribution in [2.75, 3.05) is 18.0 Å². The summed E-state index contributed by atoms with van der Waals surface area (Å²) in [5, 5.41) is 4.59. The molecule has 2 heterocycles. The Labute approximate surface area is 131 Å². The summed E-state index contributed by atoms with van der Waals surface area (Å²) in [6.45, 7) is 6.40. The first kappa shape index (κ1) is 14.5. The Hall–Kier alpha value is -1.39. The molecule has 0 saturated carbocycles. The molecule has 112 valence electrons. The van der Waals surface area contributed by atoms with E-state index in [1.807, 2.05) is 17.5 Å². The van der Waals surface area contributed by atoms with Gasteiger partial charge in [0, 0.05) is 29.3 Å². The van der Waals surface area contributed by atoms with Gasteiger partial charge in [-0.1, -0.05) is 36.5 Å². The van der Waals surface area contributed by atoms with E-state index in [1.54, 1.807) is 0 Å². The molecule has 0 fully saturated rings. The van der Waals surface area contributed by atoms with Crippen LogP contribution in [-0.2, 0) is 6.42 Å². The number of thiazole rings is 1. The van der Waals surface area contributed by atoms with Crippen LogP contribution in [0.15, 0.2) is 30.5 Å². The zero-order valence-electron chi connectivity index (χ0n) is 12.8. The van der Waals surface area contributed by atoms with E-state index < -0.39 is 0 Å². The predicted octanol–water partition coefficient (Wildman–Crippen LogP) is 4.29. The summed E-state index contributed by atoms with van der Waals surface area (Å²) in [6.07, 6.45) is 5.70. The van der Waals surface area contributed by atoms with Gasteiger partial charge in [0.05, 0.1) is 0 Å². The molecule has 0 amide bonds. The van der Waals surface area contributed by atoms with E-state index in [1.165, 1.54) is 35.4 Å². The minimum absolute atomic E-state index is 0.378. The van der Waals surface area contributed by atoms with Crippen molar-refractivity contribution < 1.29 is 0 Å². The summed E-state index contributed by atoms with van der Waals surface area (Å²) >= 11 is 1.81. The third-order valence-electron chi connectivity index (χ3n) is 4.04. The molecule has 0 radical (unpaired) electrons. The van der Waals surface area contributed by atoms with Gasteiger partial charge < -0.3 is 10.2 Å². The quantitative estimate of drug-likeness (QED) is 0.913. The molecule has 0 saturated heterocycles. The average Bonchev–Trinajstić information content (AvgIpc) is 2.89. The molecule has 0 spiro atoms. The zero-order chi connectivity index (χ0) is 14.7. The lowest BCUT2D eigenvalue weighted by molar-refractivity contribution is 0.606. The molecule has 1 aliphatic heterocycles. The van der Waals surface area contributed by atoms with Crippen LogP contribution < -0.4 is 10.2 Å². The second kappa shape index (κ2) is 6.58. The van der Waals surface area contributed by atoms with Gasteiger partial charge in [0.25, 0.3) is 0 Å². The molecule has 4 heteroatoms. The van der Waals surface area contributed by atoms with Gasteiger partial charge in [-0.25, -0.2) is 4.98 Å². The largest absolute Gasteiger partial charge is 0.318 e. The Morgan fingerprint density at radius 3 is 3.05 bits per heavy atom. The summed E-state index contributed by atoms with van der Waals surface area (Å²) in [5.74, 6) is 0. The fourth-order valence-electron chi connectivity index (χ4n) is 2.90. The monoisotopic (exact) mass is 301 g/mol. The highest BCUT2D eigenvalue weighted by atomic mass is 32.1. The second-order valence-corrected chi connectivity index (χ2v) is 6.60. The number of anilines is 2. The van der Waals surface area contributed by atoms with E-state index in [4.69, 9.17) is 0 Å². The fraction of sp³-hybridized carbons (Fsp3) is 0.471. The number of nitrogens with one attached hydrogen (secondary N) is 1. The molecule has 1 atom stereocenters. The van der Waals surface area contributed by atoms with Gasteiger partial charge >= 0.3 is 0 Å². The maximum atomic E-state index is 4.69. The van der Waals surface area contributed by atoms with E-state index in [0.717, 1.165) is 18.2 Å². The molecule has 1 aromatic heterocycles. The summed E-state index contributed by atoms with van der Waals surface area (Å²) in [5.41, 5.74) is 2.79. The van der Waals surface area contributed by atoms with Crippen molar-refractivity contribution in [3.63, 3.8) is 0 Å². The highest BCUT2D eigenvalue weighted by molar-refractivity contribution is 7.15. The van der Waals surface area contributed by atoms with Gasteiger partial charge in [0.15, 0.2) is 5.13 Å². The molecule has 2 aromatic rings. The van der Waals surface area contributed by atoms with Crippen LogP contribution in [0.1, 0.15) is 43.2 Å². The first-order valence-electron chi connectivity index (χ1n) is 7.84. The lowest BCUT2D eigenvalue weighted by atomic mass is 10.1. The Balaban J connectivity index is 1.90. The molecule has 0 bridgehead atoms. The molecule has 1 aromatic carbocycles. The first-order chi connectivity index (χ1) is 10.3. The van der Waals surface area contributed by atoms with Crippen molar-refractivity contribution in [2.45, 2.75) is 39.2 Å². The zero-order valence-corrected chi connectivity index (χ0v) is 13.6. The Kier molecular flexibility index (Phi) is 4.56. The summed E-state index contributed by atoms with van der Waals surface area (Å²) in [4.78, 5) is 8.40. The molecule has 3 nitrogen and oxygen atoms in total. The summed E-state index contributed by atoms with van der Waals surface area (Å²) < 4.78 is 0. The number of rotatable bonds is 4. The Morgan fingerprint density at radius 1 is 1.33 bits per heavy atom. The van der Waals surface area contributed by atoms with Crippen LogP contribution in [0.25, 0.3) is 0 Å². The van der Waals surface area contributed by atoms with E-state index in [-0.39, 0.29) is 0 Å². The van der Waals surface area contributed by atoms with Gasteiger partial charge in [0.1, 0.15) is 0 Å². The number of aromatic nitrogens is 1. The van der Waals surface area contributed by atoms with Gasteiger partial charge in [0.2, 0.25) is 0 Å². The van der Waals surface area contributed by atoms with E-state index in [9.17, 15) is 0 Å². The third-order valence-corrected chi connectivity index (χ3v) is 5.24. The minimum Gasteiger partial charge on any atom is -0.318 e. The molecule has 21 heavy (non-hydrogen) atoms. The smallest absolute Gasteiger partial charge is 0.190 e. The predicted molar refractivity (Wildman–Crippen MR) is 90.6 cm³/mol. The van der Waals surface area contributed by atoms with Crippen LogP contribution in [0.4, 0.5) is 10.8 Å². The number of para-hydroxylation sites is 1. The fourth-order valence-corrected chi connectivity index (χ4v) is 3.88. The van der Waals surface area contributed by atoms with Gasteiger partial charge in [-0.15, -0.1) is 0 Å². The van der Waals surface area contributed by atoms with Crippen molar-refractivity contribution in [3.05, 3.63) is 40.9 Å². The maximum Gasteiger partial charge on any atom is 0.190 e. The summed E-state index contributed by atoms with van der Waals surface area (Å²) in [6, 6.07) is 9.14. The normalized spacial score (nSPS) is 16.4. The van der Waals surface area contributed by atoms with Crippen molar-refractivity contribution >= 4 is 22.2 Å². The average molecular weight is 301 g/mol. The molecular formula is C17H23N3S. The number of hydrogen-bond donors (Lipinski definition) is 1. The van der Waals surface area contributed by atoms with Gasteiger partial charge in [-0.05, 0) is 44.4 Å². The van der Waals surface area contributed by atoms with E-state index in [2.05, 4.69) is 53.3 Å². The highest BCUT2D eigenvalue weighted by Gasteiger charge is 2.19. The topological polar surface area (TPSA) is 28.2 Å². The SMILES string of the molecule is CCNC(C)c1cnc(N2CCCCc3ccccc32)s1. The Morgan fingerprint density at radius 2 is 2.19 bits per heavy atom. The number of hydrogen-bond acceptors (Lipinski definition) is 4. The second-order valence-electron chi connectivity index (χ2n) is 5.56. The number of fused-ring (bicyclic) bond motifs is 1. The van der Waals surface area contributed by atoms with Crippen LogP contribution in [-0.4, -0.2) is 18.1 Å². The summed E-state index contributed by atoms with van der Waals surface area (Å²) in [7, 11) is 0. The van der Waals surface area contributed by atoms with Crippen molar-refractivity contribution in [3.8, 4) is 0 Å². The van der Waals surface area contributed by atoms with Crippen LogP contribution in [0.2, 0.25) is 0 Å². The first-order valence-corrected chi connectivity index (χ1v) is 8.65. The van der Waals surface area contributed by atoms with Gasteiger partial charge in [-0.2, -0.15) is 0 Å². The minimum atomic E-state index is 0.378. The van der Waals surface area contributed by atoms with E-state index in [0.29, 0.717) is 6.04 Å². The van der Waals surface area contributed by atoms with Crippen LogP contribution in [0.5, 0.6) is 0 Å². The molecule has 1 unspecified atom stereocenters. The van der Waals surface area contributed by atoms with Gasteiger partial charge in [-0.3, -0.25) is 0 Å². The molecule has 1 N–H and O–H groups in total. The lowest BCUT2D eigenvalue weighted by Crippen LogP contribution is -2.17. The lowest BCUT2D eigenvalue weighted by Gasteiger charge is -2.22. The maximum absolute atomic E-state index is 4.69. The standard InChI is InChI=1S/C17H23N3S/c1-3-18-13(2)16-12-19-17(21-16)20-11-7-6-9-14-8-4-5-10-15(14)20/h4-5,8,10,12-13,18H,3,6-7,9,11H2,1-2H3. The van der Waals surface area contributed by atoms with Crippen molar-refractivity contribution in [1.29, 1.82) is 0 Å². The Bertz CT molecular complexity index is 593. The van der Waals surface area contributed by atoms with E-state index >= 15 is 0 Å². The van der Waals surface area contributed by atoms with Crippen LogP contribution in [0, 0.1) is 0 Å². The van der Waals surface area contributed by atoms with Crippen molar-refractivity contribution in [2.24, 2.45) is 0 Å². The van der Waals surface area contributed by atoms with Crippen molar-refractivity contribution in [1.82, 2.24) is 10.3 Å². The number of benzene rings is 1. The molecule has 3 rings (SSSR count). The molecule has 0 aliphatic carbocycles.